The molecule has 0 unspecified atom stereocenters. The van der Waals surface area contributed by atoms with Gasteiger partial charge in [-0.25, -0.2) is 0 Å². The molecule has 3 aromatic carbocycles. The van der Waals surface area contributed by atoms with E-state index < -0.39 is 8.80 Å². The van der Waals surface area contributed by atoms with E-state index in [1.165, 1.54) is 32.3 Å². The maximum atomic E-state index is 2.31. The van der Waals surface area contributed by atoms with Crippen molar-refractivity contribution in [3.05, 3.63) is 78.4 Å². The molecule has 4 rings (SSSR count). The average Bonchev–Trinajstić information content (AvgIpc) is 2.83. The Morgan fingerprint density at radius 1 is 0.600 bits per heavy atom. The summed E-state index contributed by atoms with van der Waals surface area (Å²) in [6.07, 6.45) is 0. The molecule has 1 aliphatic rings. The molecule has 0 spiro atoms. The van der Waals surface area contributed by atoms with Crippen LogP contribution >= 0.6 is 0 Å². The minimum Gasteiger partial charge on any atom is -0.0623 e. The largest absolute Gasteiger partial charge is 0.156 e. The summed E-state index contributed by atoms with van der Waals surface area (Å²) in [5, 5.41) is 4.54. The highest BCUT2D eigenvalue weighted by molar-refractivity contribution is 6.99. The van der Waals surface area contributed by atoms with Crippen LogP contribution in [0, 0.1) is 6.92 Å². The van der Waals surface area contributed by atoms with E-state index in [1.807, 2.05) is 0 Å². The second-order valence-electron chi connectivity index (χ2n) is 5.33. The third-order valence-corrected chi connectivity index (χ3v) is 6.88. The fourth-order valence-corrected chi connectivity index (χ4v) is 5.96. The van der Waals surface area contributed by atoms with Gasteiger partial charge >= 0.3 is 0 Å². The van der Waals surface area contributed by atoms with Crippen molar-refractivity contribution in [2.75, 3.05) is 0 Å². The number of aryl methyl sites for hydroxylation is 1. The molecule has 1 heteroatoms. The molecule has 0 saturated heterocycles. The predicted molar refractivity (Wildman–Crippen MR) is 87.7 cm³/mol. The Kier molecular flexibility index (Phi) is 2.61. The molecule has 95 valence electrons. The summed E-state index contributed by atoms with van der Waals surface area (Å²) in [5.41, 5.74) is 4.19. The third-order valence-electron chi connectivity index (χ3n) is 4.02. The Bertz CT molecular complexity index is 726. The fourth-order valence-electron chi connectivity index (χ4n) is 3.05. The van der Waals surface area contributed by atoms with E-state index in [9.17, 15) is 0 Å². The summed E-state index contributed by atoms with van der Waals surface area (Å²) in [7, 11) is -0.820. The van der Waals surface area contributed by atoms with E-state index in [-0.39, 0.29) is 0 Å². The minimum absolute atomic E-state index is 0.820. The van der Waals surface area contributed by atoms with Crippen molar-refractivity contribution in [1.29, 1.82) is 0 Å². The Hall–Kier alpha value is -2.12. The van der Waals surface area contributed by atoms with Gasteiger partial charge in [-0.1, -0.05) is 83.5 Å². The Labute approximate surface area is 121 Å². The highest BCUT2D eigenvalue weighted by Crippen LogP contribution is 2.22. The third kappa shape index (κ3) is 1.67. The van der Waals surface area contributed by atoms with Crippen molar-refractivity contribution in [1.82, 2.24) is 0 Å². The molecule has 0 nitrogen and oxygen atoms in total. The first-order chi connectivity index (χ1) is 9.84. The second-order valence-corrected chi connectivity index (χ2v) is 7.74. The summed E-state index contributed by atoms with van der Waals surface area (Å²) >= 11 is 0. The second kappa shape index (κ2) is 4.46. The lowest BCUT2D eigenvalue weighted by Gasteiger charge is -2.12. The zero-order valence-corrected chi connectivity index (χ0v) is 12.4. The van der Waals surface area contributed by atoms with Crippen LogP contribution in [0.15, 0.2) is 72.8 Å². The summed E-state index contributed by atoms with van der Waals surface area (Å²) in [6.45, 7) is 2.15. The van der Waals surface area contributed by atoms with E-state index >= 15 is 0 Å². The number of hydrogen-bond acceptors (Lipinski definition) is 0. The molecule has 3 aromatic rings. The molecule has 0 fully saturated rings. The van der Waals surface area contributed by atoms with Crippen molar-refractivity contribution in [3.8, 4) is 11.1 Å². The van der Waals surface area contributed by atoms with Gasteiger partial charge in [0.2, 0.25) is 0 Å². The van der Waals surface area contributed by atoms with Crippen LogP contribution < -0.4 is 15.6 Å². The lowest BCUT2D eigenvalue weighted by atomic mass is 10.1. The minimum atomic E-state index is -0.820. The maximum Gasteiger partial charge on any atom is 0.156 e. The maximum absolute atomic E-state index is 2.31. The van der Waals surface area contributed by atoms with Gasteiger partial charge in [-0.2, -0.15) is 0 Å². The topological polar surface area (TPSA) is 0 Å². The normalized spacial score (nSPS) is 13.1. The Morgan fingerprint density at radius 3 is 1.65 bits per heavy atom. The first-order valence-electron chi connectivity index (χ1n) is 6.98. The van der Waals surface area contributed by atoms with Gasteiger partial charge < -0.3 is 0 Å². The molecular weight excluding hydrogens is 256 g/mol. The molecule has 1 heterocycles. The number of benzene rings is 3. The van der Waals surface area contributed by atoms with Crippen molar-refractivity contribution in [3.63, 3.8) is 0 Å². The SMILES string of the molecule is Cc1ccc([Si]2c3ccccc3-c3ccccc32)cc1. The van der Waals surface area contributed by atoms with Crippen LogP contribution in [0.3, 0.4) is 0 Å². The molecule has 0 saturated carbocycles. The van der Waals surface area contributed by atoms with Crippen LogP contribution in [-0.2, 0) is 0 Å². The van der Waals surface area contributed by atoms with Gasteiger partial charge in [0, 0.05) is 0 Å². The standard InChI is InChI=1S/C19H15Si/c1-14-10-12-15(13-11-14)20-18-8-4-2-6-16(18)17-7-3-5-9-19(17)20/h2-13H,1H3. The van der Waals surface area contributed by atoms with E-state index in [0.717, 1.165) is 0 Å². The van der Waals surface area contributed by atoms with Crippen LogP contribution in [0.1, 0.15) is 5.56 Å². The molecular formula is C19H15Si. The van der Waals surface area contributed by atoms with E-state index in [2.05, 4.69) is 79.7 Å². The molecule has 0 bridgehead atoms. The zero-order valence-electron chi connectivity index (χ0n) is 11.4. The van der Waals surface area contributed by atoms with Crippen LogP contribution in [0.5, 0.6) is 0 Å². The lowest BCUT2D eigenvalue weighted by Crippen LogP contribution is -2.48. The van der Waals surface area contributed by atoms with Gasteiger partial charge in [0.1, 0.15) is 0 Å². The highest BCUT2D eigenvalue weighted by Gasteiger charge is 2.30. The monoisotopic (exact) mass is 271 g/mol. The van der Waals surface area contributed by atoms with Gasteiger partial charge in [0.15, 0.2) is 8.80 Å². The highest BCUT2D eigenvalue weighted by atomic mass is 28.3. The molecule has 0 aromatic heterocycles. The van der Waals surface area contributed by atoms with Crippen LogP contribution in [0.4, 0.5) is 0 Å². The zero-order chi connectivity index (χ0) is 13.5. The Balaban J connectivity index is 1.97. The molecule has 0 N–H and O–H groups in total. The number of fused-ring (bicyclic) bond motifs is 3. The summed E-state index contributed by atoms with van der Waals surface area (Å²) < 4.78 is 0. The summed E-state index contributed by atoms with van der Waals surface area (Å²) in [4.78, 5) is 0. The van der Waals surface area contributed by atoms with Crippen molar-refractivity contribution >= 4 is 24.4 Å². The lowest BCUT2D eigenvalue weighted by molar-refractivity contribution is 1.49. The molecule has 1 aliphatic heterocycles. The quantitative estimate of drug-likeness (QED) is 0.467. The van der Waals surface area contributed by atoms with Crippen LogP contribution in [0.25, 0.3) is 11.1 Å². The van der Waals surface area contributed by atoms with E-state index in [1.54, 1.807) is 0 Å². The van der Waals surface area contributed by atoms with Crippen LogP contribution in [0.2, 0.25) is 0 Å². The molecule has 0 amide bonds. The first kappa shape index (κ1) is 11.7. The van der Waals surface area contributed by atoms with Gasteiger partial charge in [0.05, 0.1) is 0 Å². The molecule has 0 aliphatic carbocycles. The number of hydrogen-bond donors (Lipinski definition) is 0. The van der Waals surface area contributed by atoms with E-state index in [4.69, 9.17) is 0 Å². The van der Waals surface area contributed by atoms with Gasteiger partial charge in [0.25, 0.3) is 0 Å². The fraction of sp³-hybridized carbons (Fsp3) is 0.0526. The van der Waals surface area contributed by atoms with Crippen LogP contribution in [-0.4, -0.2) is 8.80 Å². The summed E-state index contributed by atoms with van der Waals surface area (Å²) in [6, 6.07) is 26.9. The van der Waals surface area contributed by atoms with E-state index in [0.29, 0.717) is 0 Å². The molecule has 0 atom stereocenters. The predicted octanol–water partition coefficient (Wildman–Crippen LogP) is 2.49. The van der Waals surface area contributed by atoms with Gasteiger partial charge in [-0.15, -0.1) is 0 Å². The van der Waals surface area contributed by atoms with Crippen molar-refractivity contribution in [2.45, 2.75) is 6.92 Å². The van der Waals surface area contributed by atoms with Gasteiger partial charge in [-0.3, -0.25) is 0 Å². The first-order valence-corrected chi connectivity index (χ1v) is 8.48. The van der Waals surface area contributed by atoms with Crippen molar-refractivity contribution in [2.24, 2.45) is 0 Å². The number of rotatable bonds is 1. The molecule has 1 radical (unpaired) electrons. The van der Waals surface area contributed by atoms with Crippen molar-refractivity contribution < 1.29 is 0 Å². The molecule has 20 heavy (non-hydrogen) atoms. The summed E-state index contributed by atoms with van der Waals surface area (Å²) in [5.74, 6) is 0. The van der Waals surface area contributed by atoms with Gasteiger partial charge in [-0.05, 0) is 28.4 Å². The Morgan fingerprint density at radius 2 is 1.10 bits per heavy atom. The average molecular weight is 271 g/mol. The smallest absolute Gasteiger partial charge is 0.0623 e.